The molecule has 5 nitrogen and oxygen atoms in total. The summed E-state index contributed by atoms with van der Waals surface area (Å²) in [7, 11) is -3.11. The minimum Gasteiger partial charge on any atom is -0.494 e. The van der Waals surface area contributed by atoms with Crippen molar-refractivity contribution < 1.29 is 17.9 Å². The Morgan fingerprint density at radius 2 is 1.63 bits per heavy atom. The molecule has 1 heterocycles. The number of rotatable bonds is 11. The molecule has 1 amide bonds. The molecule has 0 aromatic heterocycles. The predicted molar refractivity (Wildman–Crippen MR) is 143 cm³/mol. The van der Waals surface area contributed by atoms with E-state index >= 15 is 0 Å². The highest BCUT2D eigenvalue weighted by atomic mass is 32.2. The van der Waals surface area contributed by atoms with Gasteiger partial charge in [0.05, 0.1) is 18.1 Å². The molecule has 6 heteroatoms. The number of unbranched alkanes of at least 4 members (excludes halogenated alkanes) is 4. The Hall–Kier alpha value is -2.34. The highest BCUT2D eigenvalue weighted by Gasteiger charge is 2.35. The maximum absolute atomic E-state index is 13.5. The van der Waals surface area contributed by atoms with Crippen LogP contribution in [-0.4, -0.2) is 43.4 Å². The maximum Gasteiger partial charge on any atom is 0.254 e. The van der Waals surface area contributed by atoms with Crippen LogP contribution < -0.4 is 4.74 Å². The number of ether oxygens (including phenoxy) is 1. The van der Waals surface area contributed by atoms with Crippen LogP contribution in [0, 0.1) is 0 Å². The van der Waals surface area contributed by atoms with Crippen molar-refractivity contribution in [3.05, 3.63) is 65.2 Å². The first-order chi connectivity index (χ1) is 16.6. The van der Waals surface area contributed by atoms with Crippen molar-refractivity contribution in [2.24, 2.45) is 0 Å². The van der Waals surface area contributed by atoms with Gasteiger partial charge in [0, 0.05) is 18.2 Å². The van der Waals surface area contributed by atoms with Crippen LogP contribution in [0.4, 0.5) is 0 Å². The molecule has 35 heavy (non-hydrogen) atoms. The summed E-state index contributed by atoms with van der Waals surface area (Å²) in [5, 5.41) is 0. The largest absolute Gasteiger partial charge is 0.494 e. The van der Waals surface area contributed by atoms with Gasteiger partial charge in [0.2, 0.25) is 0 Å². The Balaban J connectivity index is 1.70. The van der Waals surface area contributed by atoms with Crippen molar-refractivity contribution in [1.82, 2.24) is 4.90 Å². The first-order valence-corrected chi connectivity index (χ1v) is 14.7. The Kier molecular flexibility index (Phi) is 9.40. The molecular formula is C29H41NO4S. The van der Waals surface area contributed by atoms with Crippen LogP contribution in [0.1, 0.15) is 87.7 Å². The smallest absolute Gasteiger partial charge is 0.254 e. The Morgan fingerprint density at radius 3 is 2.20 bits per heavy atom. The van der Waals surface area contributed by atoms with E-state index in [1.165, 1.54) is 31.2 Å². The number of hydrogen-bond donors (Lipinski definition) is 0. The molecule has 0 saturated carbocycles. The molecule has 2 aromatic carbocycles. The molecule has 0 radical (unpaired) electrons. The first kappa shape index (κ1) is 27.3. The Labute approximate surface area is 211 Å². The zero-order valence-corrected chi connectivity index (χ0v) is 22.6. The average molecular weight is 500 g/mol. The van der Waals surface area contributed by atoms with Crippen molar-refractivity contribution in [2.75, 3.05) is 18.1 Å². The molecule has 1 atom stereocenters. The summed E-state index contributed by atoms with van der Waals surface area (Å²) in [4.78, 5) is 15.3. The summed E-state index contributed by atoms with van der Waals surface area (Å²) in [6, 6.07) is 15.2. The lowest BCUT2D eigenvalue weighted by Gasteiger charge is -2.29. The van der Waals surface area contributed by atoms with E-state index in [0.717, 1.165) is 17.7 Å². The number of nitrogens with zero attached hydrogens (tertiary/aromatic N) is 1. The summed E-state index contributed by atoms with van der Waals surface area (Å²) in [6.07, 6.45) is 6.39. The van der Waals surface area contributed by atoms with Gasteiger partial charge in [-0.05, 0) is 53.6 Å². The molecule has 0 spiro atoms. The third-order valence-electron chi connectivity index (χ3n) is 6.70. The third-order valence-corrected chi connectivity index (χ3v) is 8.45. The number of sulfone groups is 1. The zero-order chi connectivity index (χ0) is 25.5. The molecule has 1 aliphatic heterocycles. The maximum atomic E-state index is 13.5. The molecule has 0 bridgehead atoms. The van der Waals surface area contributed by atoms with Gasteiger partial charge in [-0.3, -0.25) is 4.79 Å². The molecule has 0 aliphatic carbocycles. The van der Waals surface area contributed by atoms with Crippen molar-refractivity contribution >= 4 is 15.7 Å². The van der Waals surface area contributed by atoms with Gasteiger partial charge in [-0.15, -0.1) is 0 Å². The number of hydrogen-bond acceptors (Lipinski definition) is 4. The molecule has 3 rings (SSSR count). The number of carbonyl (C=O) groups excluding carboxylic acids is 1. The van der Waals surface area contributed by atoms with E-state index < -0.39 is 9.84 Å². The standard InChI is InChI=1S/C29H41NO4S/c1-5-6-7-8-9-19-34-27-16-12-24(13-17-27)28(31)30(26-18-20-35(32,33)22-26)21-23-10-14-25(15-11-23)29(2,3)4/h10-17,26H,5-9,18-22H2,1-4H3. The average Bonchev–Trinajstić information content (AvgIpc) is 3.18. The SMILES string of the molecule is CCCCCCCOc1ccc(C(=O)N(Cc2ccc(C(C)(C)C)cc2)C2CCS(=O)(=O)C2)cc1. The van der Waals surface area contributed by atoms with E-state index in [9.17, 15) is 13.2 Å². The lowest BCUT2D eigenvalue weighted by molar-refractivity contribution is 0.0681. The van der Waals surface area contributed by atoms with Gasteiger partial charge in [0.1, 0.15) is 5.75 Å². The van der Waals surface area contributed by atoms with Crippen LogP contribution >= 0.6 is 0 Å². The van der Waals surface area contributed by atoms with Gasteiger partial charge in [-0.25, -0.2) is 8.42 Å². The zero-order valence-electron chi connectivity index (χ0n) is 21.8. The second kappa shape index (κ2) is 12.1. The van der Waals surface area contributed by atoms with Gasteiger partial charge in [-0.2, -0.15) is 0 Å². The van der Waals surface area contributed by atoms with E-state index in [1.807, 2.05) is 24.3 Å². The van der Waals surface area contributed by atoms with E-state index in [0.29, 0.717) is 25.1 Å². The molecule has 1 fully saturated rings. The van der Waals surface area contributed by atoms with Crippen LogP contribution in [-0.2, 0) is 21.8 Å². The predicted octanol–water partition coefficient (Wildman–Crippen LogP) is 6.16. The normalized spacial score (nSPS) is 17.3. The Bertz CT molecular complexity index is 1050. The fourth-order valence-electron chi connectivity index (χ4n) is 4.45. The van der Waals surface area contributed by atoms with Crippen LogP contribution in [0.5, 0.6) is 5.75 Å². The molecule has 1 aliphatic rings. The summed E-state index contributed by atoms with van der Waals surface area (Å²) in [6.45, 7) is 9.77. The third kappa shape index (κ3) is 8.09. The number of benzene rings is 2. The Morgan fingerprint density at radius 1 is 0.971 bits per heavy atom. The van der Waals surface area contributed by atoms with E-state index in [2.05, 4.69) is 39.8 Å². The summed E-state index contributed by atoms with van der Waals surface area (Å²) < 4.78 is 30.2. The van der Waals surface area contributed by atoms with E-state index in [4.69, 9.17) is 4.74 Å². The minimum atomic E-state index is -3.11. The van der Waals surface area contributed by atoms with Gasteiger partial charge < -0.3 is 9.64 Å². The van der Waals surface area contributed by atoms with Crippen molar-refractivity contribution in [2.45, 2.75) is 84.2 Å². The van der Waals surface area contributed by atoms with E-state index in [1.54, 1.807) is 17.0 Å². The molecule has 0 N–H and O–H groups in total. The van der Waals surface area contributed by atoms with Crippen molar-refractivity contribution in [3.8, 4) is 5.75 Å². The fraction of sp³-hybridized carbons (Fsp3) is 0.552. The molecule has 192 valence electrons. The summed E-state index contributed by atoms with van der Waals surface area (Å²) in [5.41, 5.74) is 2.82. The molecule has 2 aromatic rings. The molecule has 1 saturated heterocycles. The van der Waals surface area contributed by atoms with Gasteiger partial charge in [0.25, 0.3) is 5.91 Å². The van der Waals surface area contributed by atoms with Crippen molar-refractivity contribution in [3.63, 3.8) is 0 Å². The highest BCUT2D eigenvalue weighted by Crippen LogP contribution is 2.26. The number of carbonyl (C=O) groups is 1. The lowest BCUT2D eigenvalue weighted by Crippen LogP contribution is -2.40. The van der Waals surface area contributed by atoms with Gasteiger partial charge in [-0.1, -0.05) is 77.6 Å². The summed E-state index contributed by atoms with van der Waals surface area (Å²) >= 11 is 0. The van der Waals surface area contributed by atoms with Gasteiger partial charge in [0.15, 0.2) is 9.84 Å². The van der Waals surface area contributed by atoms with Crippen molar-refractivity contribution in [1.29, 1.82) is 0 Å². The van der Waals surface area contributed by atoms with E-state index in [-0.39, 0.29) is 28.9 Å². The second-order valence-corrected chi connectivity index (χ2v) is 13.0. The lowest BCUT2D eigenvalue weighted by atomic mass is 9.86. The second-order valence-electron chi connectivity index (χ2n) is 10.7. The van der Waals surface area contributed by atoms with Crippen LogP contribution in [0.3, 0.4) is 0 Å². The monoisotopic (exact) mass is 499 g/mol. The molecule has 1 unspecified atom stereocenters. The van der Waals surface area contributed by atoms with Crippen LogP contribution in [0.2, 0.25) is 0 Å². The molecular weight excluding hydrogens is 458 g/mol. The topological polar surface area (TPSA) is 63.7 Å². The van der Waals surface area contributed by atoms with Crippen LogP contribution in [0.15, 0.2) is 48.5 Å². The van der Waals surface area contributed by atoms with Crippen LogP contribution in [0.25, 0.3) is 0 Å². The minimum absolute atomic E-state index is 0.0258. The highest BCUT2D eigenvalue weighted by molar-refractivity contribution is 7.91. The number of amides is 1. The first-order valence-electron chi connectivity index (χ1n) is 12.9. The quantitative estimate of drug-likeness (QED) is 0.347. The van der Waals surface area contributed by atoms with Gasteiger partial charge >= 0.3 is 0 Å². The fourth-order valence-corrected chi connectivity index (χ4v) is 6.18. The summed E-state index contributed by atoms with van der Waals surface area (Å²) in [5.74, 6) is 0.774.